The Morgan fingerprint density at radius 3 is 2.83 bits per heavy atom. The molecule has 0 amide bonds. The molecule has 0 bridgehead atoms. The highest BCUT2D eigenvalue weighted by Gasteiger charge is 2.29. The Kier molecular flexibility index (Phi) is 4.24. The van der Waals surface area contributed by atoms with E-state index in [0.29, 0.717) is 19.6 Å². The number of rotatable bonds is 3. The molecule has 1 saturated heterocycles. The van der Waals surface area contributed by atoms with Gasteiger partial charge in [0.1, 0.15) is 4.90 Å². The third kappa shape index (κ3) is 2.90. The summed E-state index contributed by atoms with van der Waals surface area (Å²) in [6.07, 6.45) is 2.16. The van der Waals surface area contributed by atoms with E-state index in [-0.39, 0.29) is 21.5 Å². The molecule has 0 atom stereocenters. The van der Waals surface area contributed by atoms with Crippen LogP contribution >= 0.6 is 0 Å². The molecule has 1 N–H and O–H groups in total. The molecule has 23 heavy (non-hydrogen) atoms. The van der Waals surface area contributed by atoms with Gasteiger partial charge in [0.2, 0.25) is 10.0 Å². The number of nitro groups is 1. The minimum atomic E-state index is -3.75. The van der Waals surface area contributed by atoms with Crippen molar-refractivity contribution in [2.45, 2.75) is 11.3 Å². The molecule has 2 heterocycles. The lowest BCUT2D eigenvalue weighted by Crippen LogP contribution is -2.34. The van der Waals surface area contributed by atoms with Gasteiger partial charge in [0, 0.05) is 31.9 Å². The minimum absolute atomic E-state index is 0.0144. The maximum absolute atomic E-state index is 12.9. The number of non-ortho nitro benzene ring substituents is 1. The summed E-state index contributed by atoms with van der Waals surface area (Å²) in [6, 6.07) is 5.58. The van der Waals surface area contributed by atoms with Gasteiger partial charge < -0.3 is 5.32 Å². The van der Waals surface area contributed by atoms with Crippen LogP contribution in [0, 0.1) is 10.1 Å². The number of fused-ring (bicyclic) bond motifs is 1. The normalized spacial score (nSPS) is 17.0. The smallest absolute Gasteiger partial charge is 0.278 e. The number of nitro benzene ring substituents is 1. The molecule has 1 aromatic heterocycles. The van der Waals surface area contributed by atoms with Crippen LogP contribution < -0.4 is 5.32 Å². The van der Waals surface area contributed by atoms with Crippen LogP contribution in [0.2, 0.25) is 0 Å². The summed E-state index contributed by atoms with van der Waals surface area (Å²) in [5, 5.41) is 14.5. The van der Waals surface area contributed by atoms with Crippen LogP contribution in [0.4, 0.5) is 5.69 Å². The number of hydrogen-bond donors (Lipinski definition) is 1. The number of sulfonamides is 1. The molecule has 8 nitrogen and oxygen atoms in total. The molecular weight excluding hydrogens is 320 g/mol. The Morgan fingerprint density at radius 1 is 1.22 bits per heavy atom. The first-order valence-corrected chi connectivity index (χ1v) is 8.69. The van der Waals surface area contributed by atoms with Gasteiger partial charge in [0.25, 0.3) is 5.69 Å². The Bertz CT molecular complexity index is 845. The van der Waals surface area contributed by atoms with E-state index in [1.54, 1.807) is 6.07 Å². The van der Waals surface area contributed by atoms with Gasteiger partial charge in [0.15, 0.2) is 0 Å². The standard InChI is InChI=1S/C14H16N4O4S/c19-18(20)12-4-5-13(14-11(12)3-1-7-16-14)23(21,22)17-9-2-6-15-8-10-17/h1,3-5,7,15H,2,6,8-10H2. The van der Waals surface area contributed by atoms with Gasteiger partial charge in [-0.1, -0.05) is 0 Å². The van der Waals surface area contributed by atoms with Crippen LogP contribution in [-0.4, -0.2) is 48.8 Å². The molecular formula is C14H16N4O4S. The SMILES string of the molecule is O=[N+]([O-])c1ccc(S(=O)(=O)N2CCCNCC2)c2ncccc12. The van der Waals surface area contributed by atoms with E-state index >= 15 is 0 Å². The predicted molar refractivity (Wildman–Crippen MR) is 84.6 cm³/mol. The molecule has 1 aromatic carbocycles. The van der Waals surface area contributed by atoms with E-state index in [0.717, 1.165) is 13.0 Å². The Hall–Kier alpha value is -2.10. The van der Waals surface area contributed by atoms with Gasteiger partial charge >= 0.3 is 0 Å². The summed E-state index contributed by atoms with van der Waals surface area (Å²) >= 11 is 0. The highest BCUT2D eigenvalue weighted by atomic mass is 32.2. The number of benzene rings is 1. The average molecular weight is 336 g/mol. The molecule has 1 aliphatic heterocycles. The van der Waals surface area contributed by atoms with Crippen LogP contribution in [0.3, 0.4) is 0 Å². The van der Waals surface area contributed by atoms with Crippen LogP contribution in [-0.2, 0) is 10.0 Å². The molecule has 9 heteroatoms. The van der Waals surface area contributed by atoms with Crippen molar-refractivity contribution in [1.82, 2.24) is 14.6 Å². The van der Waals surface area contributed by atoms with Crippen molar-refractivity contribution in [3.8, 4) is 0 Å². The molecule has 1 aliphatic rings. The molecule has 0 saturated carbocycles. The number of nitrogens with one attached hydrogen (secondary N) is 1. The number of aromatic nitrogens is 1. The third-order valence-corrected chi connectivity index (χ3v) is 5.75. The zero-order chi connectivity index (χ0) is 16.4. The first-order valence-electron chi connectivity index (χ1n) is 7.25. The van der Waals surface area contributed by atoms with Gasteiger partial charge in [-0.15, -0.1) is 0 Å². The van der Waals surface area contributed by atoms with Crippen LogP contribution in [0.15, 0.2) is 35.4 Å². The largest absolute Gasteiger partial charge is 0.315 e. The maximum Gasteiger partial charge on any atom is 0.278 e. The summed E-state index contributed by atoms with van der Waals surface area (Å²) in [7, 11) is -3.75. The highest BCUT2D eigenvalue weighted by Crippen LogP contribution is 2.30. The monoisotopic (exact) mass is 336 g/mol. The van der Waals surface area contributed by atoms with Crippen molar-refractivity contribution in [3.63, 3.8) is 0 Å². The quantitative estimate of drug-likeness (QED) is 0.665. The molecule has 0 aliphatic carbocycles. The van der Waals surface area contributed by atoms with Gasteiger partial charge in [-0.05, 0) is 31.2 Å². The van der Waals surface area contributed by atoms with E-state index in [9.17, 15) is 18.5 Å². The molecule has 0 radical (unpaired) electrons. The third-order valence-electron chi connectivity index (χ3n) is 3.82. The topological polar surface area (TPSA) is 105 Å². The molecule has 122 valence electrons. The summed E-state index contributed by atoms with van der Waals surface area (Å²) in [4.78, 5) is 14.7. The fourth-order valence-electron chi connectivity index (χ4n) is 2.70. The lowest BCUT2D eigenvalue weighted by atomic mass is 10.2. The van der Waals surface area contributed by atoms with E-state index in [1.807, 2.05) is 0 Å². The number of hydrogen-bond acceptors (Lipinski definition) is 6. The molecule has 0 spiro atoms. The maximum atomic E-state index is 12.9. The van der Waals surface area contributed by atoms with Gasteiger partial charge in [-0.25, -0.2) is 8.42 Å². The van der Waals surface area contributed by atoms with E-state index in [1.165, 1.54) is 28.7 Å². The highest BCUT2D eigenvalue weighted by molar-refractivity contribution is 7.89. The molecule has 2 aromatic rings. The summed E-state index contributed by atoms with van der Waals surface area (Å²) in [5.41, 5.74) is -0.0107. The summed E-state index contributed by atoms with van der Waals surface area (Å²) in [5.74, 6) is 0. The van der Waals surface area contributed by atoms with Crippen LogP contribution in [0.5, 0.6) is 0 Å². The Morgan fingerprint density at radius 2 is 2.04 bits per heavy atom. The first kappa shape index (κ1) is 15.8. The van der Waals surface area contributed by atoms with Gasteiger partial charge in [0.05, 0.1) is 15.8 Å². The van der Waals surface area contributed by atoms with Crippen molar-refractivity contribution in [2.75, 3.05) is 26.2 Å². The van der Waals surface area contributed by atoms with Crippen LogP contribution in [0.25, 0.3) is 10.9 Å². The lowest BCUT2D eigenvalue weighted by molar-refractivity contribution is -0.383. The lowest BCUT2D eigenvalue weighted by Gasteiger charge is -2.20. The van der Waals surface area contributed by atoms with E-state index in [2.05, 4.69) is 10.3 Å². The van der Waals surface area contributed by atoms with E-state index < -0.39 is 14.9 Å². The Labute approximate surface area is 133 Å². The van der Waals surface area contributed by atoms with Gasteiger partial charge in [-0.2, -0.15) is 4.31 Å². The van der Waals surface area contributed by atoms with E-state index in [4.69, 9.17) is 0 Å². The zero-order valence-electron chi connectivity index (χ0n) is 12.3. The van der Waals surface area contributed by atoms with Crippen molar-refractivity contribution in [3.05, 3.63) is 40.6 Å². The molecule has 0 unspecified atom stereocenters. The van der Waals surface area contributed by atoms with Gasteiger partial charge in [-0.3, -0.25) is 15.1 Å². The first-order chi connectivity index (χ1) is 11.0. The minimum Gasteiger partial charge on any atom is -0.315 e. The average Bonchev–Trinajstić information content (AvgIpc) is 2.83. The van der Waals surface area contributed by atoms with Crippen molar-refractivity contribution < 1.29 is 13.3 Å². The fourth-order valence-corrected chi connectivity index (χ4v) is 4.33. The summed E-state index contributed by atoms with van der Waals surface area (Å²) in [6.45, 7) is 2.14. The zero-order valence-corrected chi connectivity index (χ0v) is 13.1. The fraction of sp³-hybridized carbons (Fsp3) is 0.357. The number of nitrogens with zero attached hydrogens (tertiary/aromatic N) is 3. The second kappa shape index (κ2) is 6.19. The Balaban J connectivity index is 2.16. The summed E-state index contributed by atoms with van der Waals surface area (Å²) < 4.78 is 27.3. The van der Waals surface area contributed by atoms with Crippen molar-refractivity contribution in [2.24, 2.45) is 0 Å². The van der Waals surface area contributed by atoms with Crippen molar-refractivity contribution >= 4 is 26.6 Å². The second-order valence-corrected chi connectivity index (χ2v) is 7.15. The molecule has 3 rings (SSSR count). The van der Waals surface area contributed by atoms with Crippen LogP contribution in [0.1, 0.15) is 6.42 Å². The van der Waals surface area contributed by atoms with Crippen molar-refractivity contribution in [1.29, 1.82) is 0 Å². The number of pyridine rings is 1. The second-order valence-electron chi connectivity index (χ2n) is 5.25. The molecule has 1 fully saturated rings. The predicted octanol–water partition coefficient (Wildman–Crippen LogP) is 1.13.